The van der Waals surface area contributed by atoms with Crippen molar-refractivity contribution in [2.75, 3.05) is 23.7 Å². The van der Waals surface area contributed by atoms with Crippen LogP contribution in [0.1, 0.15) is 22.5 Å². The van der Waals surface area contributed by atoms with E-state index in [1.807, 2.05) is 4.90 Å². The number of rotatable bonds is 2. The molecule has 0 spiro atoms. The zero-order valence-corrected chi connectivity index (χ0v) is 9.54. The quantitative estimate of drug-likeness (QED) is 0.691. The Labute approximate surface area is 96.9 Å². The predicted molar refractivity (Wildman–Crippen MR) is 62.9 cm³/mol. The number of anilines is 2. The minimum atomic E-state index is -1.03. The van der Waals surface area contributed by atoms with Crippen LogP contribution in [-0.2, 0) is 0 Å². The molecule has 88 valence electrons. The van der Waals surface area contributed by atoms with Crippen molar-refractivity contribution < 1.29 is 9.90 Å². The van der Waals surface area contributed by atoms with Gasteiger partial charge in [0.15, 0.2) is 15.8 Å². The summed E-state index contributed by atoms with van der Waals surface area (Å²) in [5.74, 6) is -0.936. The van der Waals surface area contributed by atoms with Crippen LogP contribution in [0.4, 0.5) is 10.9 Å². The topological polar surface area (TPSA) is 105 Å². The second kappa shape index (κ2) is 4.26. The number of nitrogens with zero attached hydrogens (tertiary/aromatic N) is 2. The number of thiazole rings is 1. The van der Waals surface area contributed by atoms with E-state index in [9.17, 15) is 4.79 Å². The molecule has 0 saturated carbocycles. The Morgan fingerprint density at radius 3 is 2.94 bits per heavy atom. The Hall–Kier alpha value is -1.34. The number of carbonyl (C=O) groups is 1. The molecule has 1 fully saturated rings. The summed E-state index contributed by atoms with van der Waals surface area (Å²) < 4.78 is 0. The van der Waals surface area contributed by atoms with Gasteiger partial charge in [-0.05, 0) is 12.8 Å². The standard InChI is InChI=1S/C9H14N4O2S/c10-5-2-1-3-13(4-5)9-12-7(11)6(16-9)8(14)15/h5H,1-4,10-11H2,(H,14,15)/t5-/m0/s1. The summed E-state index contributed by atoms with van der Waals surface area (Å²) in [6.45, 7) is 1.58. The van der Waals surface area contributed by atoms with Crippen molar-refractivity contribution in [3.63, 3.8) is 0 Å². The summed E-state index contributed by atoms with van der Waals surface area (Å²) >= 11 is 1.11. The Bertz CT molecular complexity index is 406. The maximum Gasteiger partial charge on any atom is 0.349 e. The fraction of sp³-hybridized carbons (Fsp3) is 0.556. The summed E-state index contributed by atoms with van der Waals surface area (Å²) in [6, 6.07) is 0.132. The first-order valence-corrected chi connectivity index (χ1v) is 5.89. The van der Waals surface area contributed by atoms with Crippen molar-refractivity contribution in [2.24, 2.45) is 5.73 Å². The van der Waals surface area contributed by atoms with Crippen LogP contribution in [0.2, 0.25) is 0 Å². The van der Waals surface area contributed by atoms with Crippen LogP contribution in [-0.4, -0.2) is 35.2 Å². The number of nitrogens with two attached hydrogens (primary N) is 2. The zero-order valence-electron chi connectivity index (χ0n) is 8.72. The monoisotopic (exact) mass is 242 g/mol. The summed E-state index contributed by atoms with van der Waals surface area (Å²) in [4.78, 5) is 17.0. The number of hydrogen-bond donors (Lipinski definition) is 3. The van der Waals surface area contributed by atoms with E-state index in [-0.39, 0.29) is 16.7 Å². The minimum Gasteiger partial charge on any atom is -0.477 e. The van der Waals surface area contributed by atoms with Gasteiger partial charge in [-0.2, -0.15) is 0 Å². The van der Waals surface area contributed by atoms with Gasteiger partial charge in [-0.3, -0.25) is 0 Å². The third-order valence-electron chi connectivity index (χ3n) is 2.56. The summed E-state index contributed by atoms with van der Waals surface area (Å²) in [6.07, 6.45) is 2.01. The van der Waals surface area contributed by atoms with Crippen LogP contribution < -0.4 is 16.4 Å². The molecule has 0 amide bonds. The predicted octanol–water partition coefficient (Wildman–Crippen LogP) is 0.351. The molecule has 1 atom stereocenters. The van der Waals surface area contributed by atoms with Gasteiger partial charge in [0.25, 0.3) is 0 Å². The van der Waals surface area contributed by atoms with Crippen molar-refractivity contribution in [2.45, 2.75) is 18.9 Å². The smallest absolute Gasteiger partial charge is 0.349 e. The molecule has 0 aromatic carbocycles. The third kappa shape index (κ3) is 2.10. The summed E-state index contributed by atoms with van der Waals surface area (Å²) in [5, 5.41) is 9.53. The highest BCUT2D eigenvalue weighted by atomic mass is 32.1. The maximum absolute atomic E-state index is 10.8. The average molecular weight is 242 g/mol. The van der Waals surface area contributed by atoms with Gasteiger partial charge in [0.2, 0.25) is 0 Å². The number of piperidine rings is 1. The van der Waals surface area contributed by atoms with Crippen molar-refractivity contribution in [3.05, 3.63) is 4.88 Å². The fourth-order valence-electron chi connectivity index (χ4n) is 1.79. The zero-order chi connectivity index (χ0) is 11.7. The SMILES string of the molecule is Nc1nc(N2CCC[C@H](N)C2)sc1C(=O)O. The van der Waals surface area contributed by atoms with Crippen LogP contribution in [0.3, 0.4) is 0 Å². The molecule has 1 aromatic rings. The Morgan fingerprint density at radius 1 is 1.62 bits per heavy atom. The van der Waals surface area contributed by atoms with Crippen molar-refractivity contribution in [1.82, 2.24) is 4.98 Å². The van der Waals surface area contributed by atoms with Crippen LogP contribution in [0.25, 0.3) is 0 Å². The first-order chi connectivity index (χ1) is 7.58. The molecule has 0 unspecified atom stereocenters. The average Bonchev–Trinajstić information content (AvgIpc) is 2.60. The molecule has 7 heteroatoms. The number of hydrogen-bond acceptors (Lipinski definition) is 6. The van der Waals surface area contributed by atoms with Crippen molar-refractivity contribution in [1.29, 1.82) is 0 Å². The molecule has 1 aliphatic heterocycles. The van der Waals surface area contributed by atoms with E-state index in [4.69, 9.17) is 16.6 Å². The van der Waals surface area contributed by atoms with Gasteiger partial charge < -0.3 is 21.5 Å². The summed E-state index contributed by atoms with van der Waals surface area (Å²) in [5.41, 5.74) is 11.4. The van der Waals surface area contributed by atoms with E-state index in [0.717, 1.165) is 30.7 Å². The molecule has 0 aliphatic carbocycles. The lowest BCUT2D eigenvalue weighted by molar-refractivity contribution is 0.0703. The minimum absolute atomic E-state index is 0.0895. The van der Waals surface area contributed by atoms with E-state index in [1.54, 1.807) is 0 Å². The van der Waals surface area contributed by atoms with Crippen molar-refractivity contribution in [3.8, 4) is 0 Å². The second-order valence-electron chi connectivity index (χ2n) is 3.86. The van der Waals surface area contributed by atoms with Gasteiger partial charge in [-0.1, -0.05) is 11.3 Å². The second-order valence-corrected chi connectivity index (χ2v) is 4.84. The normalized spacial score (nSPS) is 21.1. The molecule has 0 radical (unpaired) electrons. The molecule has 5 N–H and O–H groups in total. The molecular weight excluding hydrogens is 228 g/mol. The first-order valence-electron chi connectivity index (χ1n) is 5.08. The Morgan fingerprint density at radius 2 is 2.38 bits per heavy atom. The van der Waals surface area contributed by atoms with Gasteiger partial charge in [0.05, 0.1) is 0 Å². The Kier molecular flexibility index (Phi) is 2.97. The van der Waals surface area contributed by atoms with E-state index < -0.39 is 5.97 Å². The van der Waals surface area contributed by atoms with Gasteiger partial charge in [-0.25, -0.2) is 9.78 Å². The number of carboxylic acids is 1. The molecule has 6 nitrogen and oxygen atoms in total. The van der Waals surface area contributed by atoms with Crippen molar-refractivity contribution >= 4 is 28.3 Å². The molecule has 1 saturated heterocycles. The molecule has 16 heavy (non-hydrogen) atoms. The van der Waals surface area contributed by atoms with Gasteiger partial charge in [-0.15, -0.1) is 0 Å². The molecule has 1 aliphatic rings. The molecule has 1 aromatic heterocycles. The lowest BCUT2D eigenvalue weighted by Gasteiger charge is -2.30. The highest BCUT2D eigenvalue weighted by Crippen LogP contribution is 2.29. The van der Waals surface area contributed by atoms with Crippen LogP contribution >= 0.6 is 11.3 Å². The van der Waals surface area contributed by atoms with Gasteiger partial charge >= 0.3 is 5.97 Å². The van der Waals surface area contributed by atoms with Crippen LogP contribution in [0, 0.1) is 0 Å². The highest BCUT2D eigenvalue weighted by Gasteiger charge is 2.22. The maximum atomic E-state index is 10.8. The Balaban J connectivity index is 2.20. The van der Waals surface area contributed by atoms with Gasteiger partial charge in [0.1, 0.15) is 0 Å². The molecule has 2 rings (SSSR count). The van der Waals surface area contributed by atoms with E-state index in [1.165, 1.54) is 0 Å². The fourth-order valence-corrected chi connectivity index (χ4v) is 2.65. The highest BCUT2D eigenvalue weighted by molar-refractivity contribution is 7.17. The molecule has 0 bridgehead atoms. The number of carboxylic acid groups (broad SMARTS) is 1. The molecule has 2 heterocycles. The third-order valence-corrected chi connectivity index (χ3v) is 3.68. The van der Waals surface area contributed by atoms with E-state index in [0.29, 0.717) is 11.7 Å². The summed E-state index contributed by atoms with van der Waals surface area (Å²) in [7, 11) is 0. The van der Waals surface area contributed by atoms with Crippen LogP contribution in [0.15, 0.2) is 0 Å². The number of aromatic carboxylic acids is 1. The number of aromatic nitrogens is 1. The van der Waals surface area contributed by atoms with E-state index in [2.05, 4.69) is 4.98 Å². The lowest BCUT2D eigenvalue weighted by atomic mass is 10.1. The largest absolute Gasteiger partial charge is 0.477 e. The van der Waals surface area contributed by atoms with Gasteiger partial charge in [0, 0.05) is 19.1 Å². The molecular formula is C9H14N4O2S. The first kappa shape index (κ1) is 11.2. The van der Waals surface area contributed by atoms with E-state index >= 15 is 0 Å². The number of nitrogen functional groups attached to an aromatic ring is 1. The lowest BCUT2D eigenvalue weighted by Crippen LogP contribution is -2.42. The van der Waals surface area contributed by atoms with Crippen LogP contribution in [0.5, 0.6) is 0 Å².